The van der Waals surface area contributed by atoms with Crippen LogP contribution in [0.15, 0.2) is 22.5 Å². The normalized spacial score (nSPS) is 15.6. The van der Waals surface area contributed by atoms with Crippen LogP contribution in [0, 0.1) is 10.1 Å². The van der Waals surface area contributed by atoms with Crippen molar-refractivity contribution in [1.29, 1.82) is 0 Å². The monoisotopic (exact) mass is 351 g/mol. The van der Waals surface area contributed by atoms with Gasteiger partial charge in [0, 0.05) is 25.2 Å². The van der Waals surface area contributed by atoms with Crippen LogP contribution in [0.3, 0.4) is 0 Å². The fourth-order valence-corrected chi connectivity index (χ4v) is 4.61. The number of likely N-dealkylation sites (tertiary alicyclic amines) is 1. The molecule has 1 aliphatic rings. The minimum absolute atomic E-state index is 0.0679. The smallest absolute Gasteiger partial charge is 0.270 e. The van der Waals surface area contributed by atoms with E-state index in [0.717, 1.165) is 40.5 Å². The van der Waals surface area contributed by atoms with Crippen LogP contribution in [-0.4, -0.2) is 39.6 Å². The Bertz CT molecular complexity index is 724. The highest BCUT2D eigenvalue weighted by Crippen LogP contribution is 2.32. The molecule has 1 saturated heterocycles. The number of nitrogens with zero attached hydrogens (tertiary/aromatic N) is 3. The second kappa shape index (κ2) is 7.27. The van der Waals surface area contributed by atoms with Crippen molar-refractivity contribution < 1.29 is 9.72 Å². The van der Waals surface area contributed by atoms with Gasteiger partial charge in [0.1, 0.15) is 0 Å². The summed E-state index contributed by atoms with van der Waals surface area (Å²) in [5.74, 6) is 0.532. The van der Waals surface area contributed by atoms with Crippen LogP contribution in [0.5, 0.6) is 0 Å². The molecule has 2 heterocycles. The van der Waals surface area contributed by atoms with Crippen molar-refractivity contribution in [3.8, 4) is 0 Å². The van der Waals surface area contributed by atoms with Gasteiger partial charge in [0.15, 0.2) is 4.34 Å². The van der Waals surface area contributed by atoms with Crippen molar-refractivity contribution in [3.63, 3.8) is 0 Å². The molecule has 0 bridgehead atoms. The molecule has 1 aliphatic heterocycles. The predicted octanol–water partition coefficient (Wildman–Crippen LogP) is 3.70. The zero-order chi connectivity index (χ0) is 16.2. The molecule has 0 atom stereocenters. The lowest BCUT2D eigenvalue weighted by atomic mass is 10.2. The molecule has 8 heteroatoms. The van der Waals surface area contributed by atoms with Crippen LogP contribution in [0.1, 0.15) is 25.7 Å². The van der Waals surface area contributed by atoms with Gasteiger partial charge in [0.25, 0.3) is 5.69 Å². The van der Waals surface area contributed by atoms with Gasteiger partial charge in [-0.3, -0.25) is 14.9 Å². The molecule has 0 saturated carbocycles. The van der Waals surface area contributed by atoms with Crippen molar-refractivity contribution in [1.82, 2.24) is 9.88 Å². The Balaban J connectivity index is 1.64. The molecule has 0 radical (unpaired) electrons. The summed E-state index contributed by atoms with van der Waals surface area (Å²) in [6, 6.07) is 4.65. The van der Waals surface area contributed by atoms with Crippen molar-refractivity contribution in [3.05, 3.63) is 28.3 Å². The summed E-state index contributed by atoms with van der Waals surface area (Å²) in [6.07, 6.45) is 4.57. The molecule has 0 aliphatic carbocycles. The number of nitro groups is 1. The number of carbonyl (C=O) groups is 1. The van der Waals surface area contributed by atoms with Crippen molar-refractivity contribution in [2.24, 2.45) is 0 Å². The number of fused-ring (bicyclic) bond motifs is 1. The maximum absolute atomic E-state index is 12.3. The summed E-state index contributed by atoms with van der Waals surface area (Å²) < 4.78 is 1.56. The van der Waals surface area contributed by atoms with E-state index in [2.05, 4.69) is 4.98 Å². The molecule has 0 unspecified atom stereocenters. The number of hydrogen-bond acceptors (Lipinski definition) is 6. The van der Waals surface area contributed by atoms with Gasteiger partial charge in [0.2, 0.25) is 5.91 Å². The summed E-state index contributed by atoms with van der Waals surface area (Å²) in [5, 5.41) is 10.8. The average molecular weight is 351 g/mol. The first kappa shape index (κ1) is 16.2. The third kappa shape index (κ3) is 4.00. The van der Waals surface area contributed by atoms with Gasteiger partial charge in [-0.2, -0.15) is 0 Å². The molecule has 3 rings (SSSR count). The number of rotatable bonds is 4. The highest BCUT2D eigenvalue weighted by molar-refractivity contribution is 8.01. The first-order chi connectivity index (χ1) is 11.1. The number of benzene rings is 1. The van der Waals surface area contributed by atoms with Gasteiger partial charge in [-0.05, 0) is 18.9 Å². The largest absolute Gasteiger partial charge is 0.342 e. The molecule has 1 aromatic carbocycles. The predicted molar refractivity (Wildman–Crippen MR) is 92.0 cm³/mol. The van der Waals surface area contributed by atoms with Crippen LogP contribution < -0.4 is 0 Å². The van der Waals surface area contributed by atoms with E-state index in [9.17, 15) is 14.9 Å². The number of hydrogen-bond donors (Lipinski definition) is 0. The van der Waals surface area contributed by atoms with Crippen LogP contribution in [0.2, 0.25) is 0 Å². The quantitative estimate of drug-likeness (QED) is 0.477. The summed E-state index contributed by atoms with van der Waals surface area (Å²) in [4.78, 5) is 29.1. The first-order valence-electron chi connectivity index (χ1n) is 7.59. The molecule has 0 spiro atoms. The van der Waals surface area contributed by atoms with Crippen LogP contribution in [0.4, 0.5) is 5.69 Å². The van der Waals surface area contributed by atoms with Crippen molar-refractivity contribution >= 4 is 44.9 Å². The van der Waals surface area contributed by atoms with E-state index < -0.39 is 4.92 Å². The summed E-state index contributed by atoms with van der Waals surface area (Å²) >= 11 is 2.81. The Morgan fingerprint density at radius 2 is 2.04 bits per heavy atom. The van der Waals surface area contributed by atoms with E-state index in [4.69, 9.17) is 0 Å². The number of non-ortho nitro benzene ring substituents is 1. The Morgan fingerprint density at radius 3 is 2.74 bits per heavy atom. The van der Waals surface area contributed by atoms with Gasteiger partial charge >= 0.3 is 0 Å². The third-order valence-corrected chi connectivity index (χ3v) is 5.99. The van der Waals surface area contributed by atoms with Gasteiger partial charge in [-0.1, -0.05) is 24.6 Å². The fourth-order valence-electron chi connectivity index (χ4n) is 2.60. The zero-order valence-electron chi connectivity index (χ0n) is 12.6. The van der Waals surface area contributed by atoms with Crippen LogP contribution >= 0.6 is 23.1 Å². The van der Waals surface area contributed by atoms with Crippen molar-refractivity contribution in [2.75, 3.05) is 18.8 Å². The maximum atomic E-state index is 12.3. The van der Waals surface area contributed by atoms with Gasteiger partial charge in [-0.25, -0.2) is 4.98 Å². The molecular formula is C15H17N3O3S2. The number of aromatic nitrogens is 1. The van der Waals surface area contributed by atoms with E-state index >= 15 is 0 Å². The van der Waals surface area contributed by atoms with Crippen LogP contribution in [-0.2, 0) is 4.79 Å². The Labute approximate surface area is 142 Å². The molecule has 23 heavy (non-hydrogen) atoms. The summed E-state index contributed by atoms with van der Waals surface area (Å²) in [5.41, 5.74) is 0.809. The third-order valence-electron chi connectivity index (χ3n) is 3.84. The van der Waals surface area contributed by atoms with E-state index in [1.165, 1.54) is 48.1 Å². The first-order valence-corrected chi connectivity index (χ1v) is 9.39. The SMILES string of the molecule is O=C(CSc1nc2ccc([N+](=O)[O-])cc2s1)N1CCCCCC1. The number of amides is 1. The molecule has 6 nitrogen and oxygen atoms in total. The number of carbonyl (C=O) groups excluding carboxylic acids is 1. The highest BCUT2D eigenvalue weighted by atomic mass is 32.2. The molecule has 1 fully saturated rings. The number of thiazole rings is 1. The van der Waals surface area contributed by atoms with Gasteiger partial charge in [-0.15, -0.1) is 11.3 Å². The lowest BCUT2D eigenvalue weighted by Gasteiger charge is -2.19. The second-order valence-corrected chi connectivity index (χ2v) is 7.73. The van der Waals surface area contributed by atoms with E-state index in [-0.39, 0.29) is 11.6 Å². The lowest BCUT2D eigenvalue weighted by Crippen LogP contribution is -2.33. The van der Waals surface area contributed by atoms with Gasteiger partial charge in [0.05, 0.1) is 20.9 Å². The second-order valence-electron chi connectivity index (χ2n) is 5.47. The van der Waals surface area contributed by atoms with Gasteiger partial charge < -0.3 is 4.90 Å². The van der Waals surface area contributed by atoms with E-state index in [1.54, 1.807) is 6.07 Å². The molecule has 2 aromatic rings. The lowest BCUT2D eigenvalue weighted by molar-refractivity contribution is -0.384. The molecular weight excluding hydrogens is 334 g/mol. The Morgan fingerprint density at radius 1 is 1.30 bits per heavy atom. The highest BCUT2D eigenvalue weighted by Gasteiger charge is 2.17. The minimum atomic E-state index is -0.408. The van der Waals surface area contributed by atoms with E-state index in [1.807, 2.05) is 4.90 Å². The van der Waals surface area contributed by atoms with Crippen LogP contribution in [0.25, 0.3) is 10.2 Å². The zero-order valence-corrected chi connectivity index (χ0v) is 14.2. The topological polar surface area (TPSA) is 76.3 Å². The summed E-state index contributed by atoms with van der Waals surface area (Å²) in [6.45, 7) is 1.71. The molecule has 0 N–H and O–H groups in total. The number of thioether (sulfide) groups is 1. The van der Waals surface area contributed by atoms with Crippen molar-refractivity contribution in [2.45, 2.75) is 30.0 Å². The number of nitro benzene ring substituents is 1. The molecule has 1 amide bonds. The standard InChI is InChI=1S/C15H17N3O3S2/c19-14(17-7-3-1-2-4-8-17)10-22-15-16-12-6-5-11(18(20)21)9-13(12)23-15/h5-6,9H,1-4,7-8,10H2. The molecule has 122 valence electrons. The Kier molecular flexibility index (Phi) is 5.12. The summed E-state index contributed by atoms with van der Waals surface area (Å²) in [7, 11) is 0. The average Bonchev–Trinajstić information content (AvgIpc) is 2.75. The minimum Gasteiger partial charge on any atom is -0.342 e. The maximum Gasteiger partial charge on any atom is 0.270 e. The Hall–Kier alpha value is -1.67. The molecule has 1 aromatic heterocycles. The fraction of sp³-hybridized carbons (Fsp3) is 0.467. The van der Waals surface area contributed by atoms with E-state index in [0.29, 0.717) is 5.75 Å².